The van der Waals surface area contributed by atoms with Gasteiger partial charge in [-0.3, -0.25) is 0 Å². The van der Waals surface area contributed by atoms with Crippen LogP contribution in [0.3, 0.4) is 0 Å². The summed E-state index contributed by atoms with van der Waals surface area (Å²) in [6.07, 6.45) is 2.55. The Morgan fingerprint density at radius 2 is 1.88 bits per heavy atom. The summed E-state index contributed by atoms with van der Waals surface area (Å²) in [5.74, 6) is -0.896. The molecule has 2 aromatic heterocycles. The maximum absolute atomic E-state index is 10.9. The molecule has 5 heteroatoms. The quantitative estimate of drug-likeness (QED) is 0.781. The molecule has 2 heterocycles. The summed E-state index contributed by atoms with van der Waals surface area (Å²) in [5.41, 5.74) is 6.72. The van der Waals surface area contributed by atoms with Crippen LogP contribution in [0.15, 0.2) is 30.3 Å². The van der Waals surface area contributed by atoms with Gasteiger partial charge in [0.15, 0.2) is 5.65 Å². The Kier molecular flexibility index (Phi) is 4.34. The normalized spacial score (nSPS) is 11.1. The first-order valence-electron chi connectivity index (χ1n) is 8.16. The minimum absolute atomic E-state index is 0.317. The van der Waals surface area contributed by atoms with Crippen LogP contribution in [0, 0.1) is 13.8 Å². The predicted octanol–water partition coefficient (Wildman–Crippen LogP) is 3.39. The van der Waals surface area contributed by atoms with Crippen molar-refractivity contribution in [3.05, 3.63) is 64.1 Å². The molecule has 0 radical (unpaired) electrons. The molecule has 0 saturated heterocycles. The maximum atomic E-state index is 10.9. The van der Waals surface area contributed by atoms with Crippen LogP contribution in [0.2, 0.25) is 0 Å². The third-order valence-corrected chi connectivity index (χ3v) is 4.27. The minimum Gasteiger partial charge on any atom is -0.478 e. The highest BCUT2D eigenvalue weighted by Gasteiger charge is 2.14. The van der Waals surface area contributed by atoms with Gasteiger partial charge in [0.05, 0.1) is 11.3 Å². The van der Waals surface area contributed by atoms with Crippen molar-refractivity contribution in [1.29, 1.82) is 0 Å². The molecular formula is C19H21N3O2. The third-order valence-electron chi connectivity index (χ3n) is 4.27. The lowest BCUT2D eigenvalue weighted by Crippen LogP contribution is -2.00. The Morgan fingerprint density at radius 3 is 2.50 bits per heavy atom. The average Bonchev–Trinajstić information content (AvgIpc) is 2.91. The van der Waals surface area contributed by atoms with Gasteiger partial charge < -0.3 is 5.11 Å². The molecule has 3 aromatic rings. The molecule has 0 amide bonds. The number of hydrogen-bond donors (Lipinski definition) is 1. The number of nitrogens with zero attached hydrogens (tertiary/aromatic N) is 3. The van der Waals surface area contributed by atoms with Crippen LogP contribution in [0.4, 0.5) is 0 Å². The van der Waals surface area contributed by atoms with Gasteiger partial charge in [-0.1, -0.05) is 19.1 Å². The molecule has 3 rings (SSSR count). The van der Waals surface area contributed by atoms with Gasteiger partial charge in [-0.2, -0.15) is 5.10 Å². The predicted molar refractivity (Wildman–Crippen MR) is 92.6 cm³/mol. The van der Waals surface area contributed by atoms with Crippen LogP contribution in [0.5, 0.6) is 0 Å². The molecule has 0 atom stereocenters. The van der Waals surface area contributed by atoms with Crippen LogP contribution in [-0.4, -0.2) is 25.7 Å². The van der Waals surface area contributed by atoms with Gasteiger partial charge in [-0.15, -0.1) is 0 Å². The number of carboxylic acids is 1. The van der Waals surface area contributed by atoms with E-state index in [4.69, 9.17) is 10.2 Å². The van der Waals surface area contributed by atoms with Crippen molar-refractivity contribution in [3.63, 3.8) is 0 Å². The first kappa shape index (κ1) is 16.2. The van der Waals surface area contributed by atoms with E-state index in [0.29, 0.717) is 5.56 Å². The molecular weight excluding hydrogens is 302 g/mol. The summed E-state index contributed by atoms with van der Waals surface area (Å²) < 4.78 is 1.93. The van der Waals surface area contributed by atoms with E-state index in [1.54, 1.807) is 12.1 Å². The number of hydrogen-bond acceptors (Lipinski definition) is 3. The molecule has 5 nitrogen and oxygen atoms in total. The Labute approximate surface area is 141 Å². The summed E-state index contributed by atoms with van der Waals surface area (Å²) in [6.45, 7) is 6.15. The number of aromatic carboxylic acids is 1. The Balaban J connectivity index is 1.90. The summed E-state index contributed by atoms with van der Waals surface area (Å²) in [5, 5.41) is 13.7. The first-order chi connectivity index (χ1) is 11.5. The fraction of sp³-hybridized carbons (Fsp3) is 0.316. The lowest BCUT2D eigenvalue weighted by atomic mass is 10.0. The summed E-state index contributed by atoms with van der Waals surface area (Å²) in [6, 6.07) is 9.10. The topological polar surface area (TPSA) is 67.5 Å². The van der Waals surface area contributed by atoms with Gasteiger partial charge in [0, 0.05) is 17.0 Å². The number of carboxylic acid groups (broad SMARTS) is 1. The van der Waals surface area contributed by atoms with E-state index >= 15 is 0 Å². The molecule has 0 spiro atoms. The first-order valence-corrected chi connectivity index (χ1v) is 8.16. The van der Waals surface area contributed by atoms with Gasteiger partial charge in [0.2, 0.25) is 0 Å². The Morgan fingerprint density at radius 1 is 1.17 bits per heavy atom. The molecule has 0 fully saturated rings. The number of aryl methyl sites for hydroxylation is 5. The van der Waals surface area contributed by atoms with Gasteiger partial charge in [0.1, 0.15) is 0 Å². The van der Waals surface area contributed by atoms with E-state index in [0.717, 1.165) is 47.6 Å². The molecule has 0 aliphatic heterocycles. The van der Waals surface area contributed by atoms with E-state index in [9.17, 15) is 4.79 Å². The van der Waals surface area contributed by atoms with E-state index in [1.807, 2.05) is 36.6 Å². The lowest BCUT2D eigenvalue weighted by Gasteiger charge is -2.04. The zero-order chi connectivity index (χ0) is 17.3. The molecule has 0 unspecified atom stereocenters. The van der Waals surface area contributed by atoms with Crippen molar-refractivity contribution in [2.75, 3.05) is 0 Å². The van der Waals surface area contributed by atoms with Crippen molar-refractivity contribution >= 4 is 11.6 Å². The lowest BCUT2D eigenvalue weighted by molar-refractivity contribution is 0.0697. The van der Waals surface area contributed by atoms with Crippen molar-refractivity contribution in [1.82, 2.24) is 14.6 Å². The SMILES string of the molecule is CCc1nn2c(C)cc(C)nc2c1CCc1ccc(C(=O)O)cc1. The second-order valence-corrected chi connectivity index (χ2v) is 6.06. The molecule has 0 aliphatic carbocycles. The van der Waals surface area contributed by atoms with E-state index in [2.05, 4.69) is 11.9 Å². The molecule has 0 saturated carbocycles. The number of carbonyl (C=O) groups is 1. The second kappa shape index (κ2) is 6.43. The zero-order valence-electron chi connectivity index (χ0n) is 14.2. The monoisotopic (exact) mass is 323 g/mol. The number of benzene rings is 1. The smallest absolute Gasteiger partial charge is 0.335 e. The standard InChI is InChI=1S/C19H21N3O2/c1-4-17-16(18-20-12(2)11-13(3)22(18)21-17)10-7-14-5-8-15(9-6-14)19(23)24/h5-6,8-9,11H,4,7,10H2,1-3H3,(H,23,24). The van der Waals surface area contributed by atoms with Crippen molar-refractivity contribution in [2.24, 2.45) is 0 Å². The van der Waals surface area contributed by atoms with E-state index < -0.39 is 5.97 Å². The Bertz CT molecular complexity index is 895. The molecule has 1 N–H and O–H groups in total. The highest BCUT2D eigenvalue weighted by molar-refractivity contribution is 5.87. The molecule has 1 aromatic carbocycles. The minimum atomic E-state index is -0.896. The van der Waals surface area contributed by atoms with Crippen molar-refractivity contribution in [2.45, 2.75) is 40.0 Å². The van der Waals surface area contributed by atoms with Crippen LogP contribution >= 0.6 is 0 Å². The summed E-state index contributed by atoms with van der Waals surface area (Å²) in [7, 11) is 0. The molecule has 0 bridgehead atoms. The van der Waals surface area contributed by atoms with Crippen LogP contribution in [0.1, 0.15) is 45.5 Å². The number of rotatable bonds is 5. The van der Waals surface area contributed by atoms with Gasteiger partial charge in [-0.05, 0) is 56.9 Å². The highest BCUT2D eigenvalue weighted by atomic mass is 16.4. The molecule has 124 valence electrons. The van der Waals surface area contributed by atoms with Gasteiger partial charge in [-0.25, -0.2) is 14.3 Å². The fourth-order valence-electron chi connectivity index (χ4n) is 3.03. The van der Waals surface area contributed by atoms with Gasteiger partial charge >= 0.3 is 5.97 Å². The van der Waals surface area contributed by atoms with Crippen molar-refractivity contribution in [3.8, 4) is 0 Å². The summed E-state index contributed by atoms with van der Waals surface area (Å²) in [4.78, 5) is 15.6. The van der Waals surface area contributed by atoms with Gasteiger partial charge in [0.25, 0.3) is 0 Å². The van der Waals surface area contributed by atoms with E-state index in [-0.39, 0.29) is 0 Å². The molecule has 24 heavy (non-hydrogen) atoms. The van der Waals surface area contributed by atoms with E-state index in [1.165, 1.54) is 5.56 Å². The van der Waals surface area contributed by atoms with Crippen LogP contribution in [0.25, 0.3) is 5.65 Å². The number of fused-ring (bicyclic) bond motifs is 1. The Hall–Kier alpha value is -2.69. The van der Waals surface area contributed by atoms with Crippen LogP contribution < -0.4 is 0 Å². The maximum Gasteiger partial charge on any atom is 0.335 e. The van der Waals surface area contributed by atoms with Crippen molar-refractivity contribution < 1.29 is 9.90 Å². The van der Waals surface area contributed by atoms with Crippen LogP contribution in [-0.2, 0) is 19.3 Å². The summed E-state index contributed by atoms with van der Waals surface area (Å²) >= 11 is 0. The second-order valence-electron chi connectivity index (χ2n) is 6.06. The zero-order valence-corrected chi connectivity index (χ0v) is 14.2. The fourth-order valence-corrected chi connectivity index (χ4v) is 3.03. The average molecular weight is 323 g/mol. The highest BCUT2D eigenvalue weighted by Crippen LogP contribution is 2.20. The third kappa shape index (κ3) is 3.02. The largest absolute Gasteiger partial charge is 0.478 e. The number of aromatic nitrogens is 3. The molecule has 0 aliphatic rings.